The topological polar surface area (TPSA) is 101 Å². The zero-order valence-electron chi connectivity index (χ0n) is 21.8. The molecule has 2 aliphatic rings. The molecule has 8 nitrogen and oxygen atoms in total. The van der Waals surface area contributed by atoms with Gasteiger partial charge < -0.3 is 20.5 Å². The summed E-state index contributed by atoms with van der Waals surface area (Å²) < 4.78 is 65.7. The van der Waals surface area contributed by atoms with Gasteiger partial charge >= 0.3 is 15.5 Å². The molecule has 2 fully saturated rings. The minimum atomic E-state index is -5.37. The molecule has 0 saturated carbocycles. The SMILES string of the molecule is CN1CC(C(=O)NCc2ccc3c(-c4cccc(C(N)=S)c4)cn(C4CCN(S(=O)(=O)C(F)(F)F)CC4)c3c2)C1. The Morgan fingerprint density at radius 2 is 1.82 bits per heavy atom. The number of amides is 1. The predicted molar refractivity (Wildman–Crippen MR) is 151 cm³/mol. The van der Waals surface area contributed by atoms with Crippen molar-refractivity contribution in [1.82, 2.24) is 19.1 Å². The third-order valence-corrected chi connectivity index (χ3v) is 9.57. The van der Waals surface area contributed by atoms with E-state index in [2.05, 4.69) is 10.2 Å². The number of carbonyl (C=O) groups excluding carboxylic acids is 1. The van der Waals surface area contributed by atoms with Crippen LogP contribution >= 0.6 is 12.2 Å². The van der Waals surface area contributed by atoms with Gasteiger partial charge in [-0.3, -0.25) is 4.79 Å². The van der Waals surface area contributed by atoms with E-state index in [4.69, 9.17) is 18.0 Å². The molecule has 0 radical (unpaired) electrons. The van der Waals surface area contributed by atoms with E-state index in [0.29, 0.717) is 16.4 Å². The lowest BCUT2D eigenvalue weighted by Crippen LogP contribution is -2.51. The highest BCUT2D eigenvalue weighted by atomic mass is 32.2. The molecule has 2 saturated heterocycles. The van der Waals surface area contributed by atoms with Crippen LogP contribution in [0.5, 0.6) is 0 Å². The maximum absolute atomic E-state index is 13.1. The number of likely N-dealkylation sites (tertiary alicyclic amines) is 1. The summed E-state index contributed by atoms with van der Waals surface area (Å²) in [7, 11) is -3.41. The third kappa shape index (κ3) is 5.47. The van der Waals surface area contributed by atoms with E-state index in [1.165, 1.54) is 0 Å². The van der Waals surface area contributed by atoms with Crippen LogP contribution in [0.15, 0.2) is 48.7 Å². The van der Waals surface area contributed by atoms with Crippen LogP contribution in [0.4, 0.5) is 13.2 Å². The number of alkyl halides is 3. The average molecular weight is 594 g/mol. The lowest BCUT2D eigenvalue weighted by atomic mass is 10.00. The molecule has 214 valence electrons. The van der Waals surface area contributed by atoms with Crippen LogP contribution in [0, 0.1) is 5.92 Å². The van der Waals surface area contributed by atoms with Crippen LogP contribution in [-0.4, -0.2) is 71.8 Å². The molecule has 13 heteroatoms. The molecule has 40 heavy (non-hydrogen) atoms. The van der Waals surface area contributed by atoms with Crippen molar-refractivity contribution in [2.75, 3.05) is 33.2 Å². The van der Waals surface area contributed by atoms with Crippen molar-refractivity contribution in [1.29, 1.82) is 0 Å². The minimum absolute atomic E-state index is 0.00193. The number of nitrogens with zero attached hydrogens (tertiary/aromatic N) is 3. The van der Waals surface area contributed by atoms with Gasteiger partial charge in [0.25, 0.3) is 0 Å². The van der Waals surface area contributed by atoms with Gasteiger partial charge in [-0.2, -0.15) is 17.5 Å². The van der Waals surface area contributed by atoms with Crippen molar-refractivity contribution in [2.45, 2.75) is 30.9 Å². The molecule has 1 aromatic heterocycles. The van der Waals surface area contributed by atoms with Crippen LogP contribution in [0.25, 0.3) is 22.0 Å². The molecule has 2 aliphatic heterocycles. The van der Waals surface area contributed by atoms with Crippen LogP contribution in [0.3, 0.4) is 0 Å². The van der Waals surface area contributed by atoms with Crippen LogP contribution in [-0.2, 0) is 21.4 Å². The molecule has 0 unspecified atom stereocenters. The van der Waals surface area contributed by atoms with E-state index < -0.39 is 15.5 Å². The molecular weight excluding hydrogens is 563 g/mol. The van der Waals surface area contributed by atoms with Gasteiger partial charge in [0.15, 0.2) is 0 Å². The summed E-state index contributed by atoms with van der Waals surface area (Å²) >= 11 is 5.15. The molecule has 3 aromatic rings. The number of benzene rings is 2. The Bertz CT molecular complexity index is 1560. The van der Waals surface area contributed by atoms with Crippen molar-refractivity contribution < 1.29 is 26.4 Å². The van der Waals surface area contributed by atoms with Crippen molar-refractivity contribution >= 4 is 44.0 Å². The number of fused-ring (bicyclic) bond motifs is 1. The Hall–Kier alpha value is -3.00. The summed E-state index contributed by atoms with van der Waals surface area (Å²) in [5.74, 6) is -0.0228. The molecule has 0 bridgehead atoms. The van der Waals surface area contributed by atoms with Crippen LogP contribution < -0.4 is 11.1 Å². The first-order valence-electron chi connectivity index (χ1n) is 12.9. The Balaban J connectivity index is 1.46. The van der Waals surface area contributed by atoms with Crippen LogP contribution in [0.2, 0.25) is 0 Å². The van der Waals surface area contributed by atoms with Gasteiger partial charge in [-0.15, -0.1) is 0 Å². The smallest absolute Gasteiger partial charge is 0.389 e. The molecule has 3 heterocycles. The number of hydrogen-bond donors (Lipinski definition) is 2. The highest BCUT2D eigenvalue weighted by Gasteiger charge is 2.50. The summed E-state index contributed by atoms with van der Waals surface area (Å²) in [6.45, 7) is 1.33. The fourth-order valence-electron chi connectivity index (χ4n) is 5.48. The Morgan fingerprint density at radius 3 is 2.45 bits per heavy atom. The Kier molecular flexibility index (Phi) is 7.68. The predicted octanol–water partition coefficient (Wildman–Crippen LogP) is 3.61. The number of nitrogens with two attached hydrogens (primary N) is 1. The first-order chi connectivity index (χ1) is 18.8. The number of hydrogen-bond acceptors (Lipinski definition) is 5. The number of piperidine rings is 1. The fourth-order valence-corrected chi connectivity index (χ4v) is 6.60. The second-order valence-electron chi connectivity index (χ2n) is 10.5. The average Bonchev–Trinajstić information content (AvgIpc) is 3.28. The second kappa shape index (κ2) is 10.8. The van der Waals surface area contributed by atoms with Crippen LogP contribution in [0.1, 0.15) is 30.0 Å². The van der Waals surface area contributed by atoms with Crippen molar-refractivity contribution in [2.24, 2.45) is 11.7 Å². The van der Waals surface area contributed by atoms with Gasteiger partial charge in [-0.1, -0.05) is 42.5 Å². The van der Waals surface area contributed by atoms with Gasteiger partial charge in [0.05, 0.1) is 5.92 Å². The number of aromatic nitrogens is 1. The van der Waals surface area contributed by atoms with E-state index in [9.17, 15) is 26.4 Å². The lowest BCUT2D eigenvalue weighted by Gasteiger charge is -2.34. The van der Waals surface area contributed by atoms with Gasteiger partial charge in [0, 0.05) is 67.0 Å². The first kappa shape index (κ1) is 28.5. The molecule has 0 spiro atoms. The Morgan fingerprint density at radius 1 is 1.12 bits per heavy atom. The highest BCUT2D eigenvalue weighted by Crippen LogP contribution is 2.38. The lowest BCUT2D eigenvalue weighted by molar-refractivity contribution is -0.129. The maximum Gasteiger partial charge on any atom is 0.511 e. The van der Waals surface area contributed by atoms with E-state index in [1.54, 1.807) is 0 Å². The zero-order valence-corrected chi connectivity index (χ0v) is 23.5. The molecule has 0 atom stereocenters. The van der Waals surface area contributed by atoms with E-state index >= 15 is 0 Å². The number of nitrogens with one attached hydrogen (secondary N) is 1. The van der Waals surface area contributed by atoms with Gasteiger partial charge in [-0.05, 0) is 43.1 Å². The first-order valence-corrected chi connectivity index (χ1v) is 14.8. The largest absolute Gasteiger partial charge is 0.511 e. The van der Waals surface area contributed by atoms with Gasteiger partial charge in [-0.25, -0.2) is 8.42 Å². The zero-order chi connectivity index (χ0) is 28.8. The summed E-state index contributed by atoms with van der Waals surface area (Å²) in [6.07, 6.45) is 2.40. The molecule has 5 rings (SSSR count). The molecule has 2 aromatic carbocycles. The van der Waals surface area contributed by atoms with E-state index in [-0.39, 0.29) is 48.8 Å². The molecular formula is C27H30F3N5O3S2. The summed E-state index contributed by atoms with van der Waals surface area (Å²) in [5, 5.41) is 3.91. The molecule has 3 N–H and O–H groups in total. The number of sulfonamides is 1. The number of rotatable bonds is 7. The Labute approximate surface area is 236 Å². The summed E-state index contributed by atoms with van der Waals surface area (Å²) in [6, 6.07) is 13.2. The quantitative estimate of drug-likeness (QED) is 0.406. The summed E-state index contributed by atoms with van der Waals surface area (Å²) in [5.41, 5.74) is 4.74. The standard InChI is InChI=1S/C27H30F3N5O3S2/c1-33-14-20(15-33)26(36)32-13-17-5-6-22-23(18-3-2-4-19(12-18)25(31)39)16-35(24(22)11-17)21-7-9-34(10-8-21)40(37,38)27(28,29)30/h2-6,11-12,16,20-21H,7-10,13-15H2,1H3,(H2,31,39)(H,32,36). The normalized spacial score (nSPS) is 18.1. The molecule has 0 aliphatic carbocycles. The summed E-state index contributed by atoms with van der Waals surface area (Å²) in [4.78, 5) is 14.8. The highest BCUT2D eigenvalue weighted by molar-refractivity contribution is 7.90. The van der Waals surface area contributed by atoms with Gasteiger partial charge in [0.2, 0.25) is 5.91 Å². The molecule has 1 amide bonds. The van der Waals surface area contributed by atoms with Crippen molar-refractivity contribution in [3.05, 3.63) is 59.8 Å². The van der Waals surface area contributed by atoms with E-state index in [1.807, 2.05) is 60.3 Å². The third-order valence-electron chi connectivity index (χ3n) is 7.71. The number of halogens is 3. The number of thiocarbonyl (C=S) groups is 1. The van der Waals surface area contributed by atoms with Gasteiger partial charge in [0.1, 0.15) is 4.99 Å². The van der Waals surface area contributed by atoms with Crippen molar-refractivity contribution in [3.8, 4) is 11.1 Å². The minimum Gasteiger partial charge on any atom is -0.389 e. The van der Waals surface area contributed by atoms with Crippen molar-refractivity contribution in [3.63, 3.8) is 0 Å². The second-order valence-corrected chi connectivity index (χ2v) is 12.8. The van der Waals surface area contributed by atoms with E-state index in [0.717, 1.165) is 40.7 Å². The number of carbonyl (C=O) groups is 1. The fraction of sp³-hybridized carbons (Fsp3) is 0.407. The maximum atomic E-state index is 13.1. The monoisotopic (exact) mass is 593 g/mol.